The van der Waals surface area contributed by atoms with Crippen LogP contribution >= 0.6 is 0 Å². The van der Waals surface area contributed by atoms with E-state index in [-0.39, 0.29) is 24.8 Å². The summed E-state index contributed by atoms with van der Waals surface area (Å²) >= 11 is 0. The van der Waals surface area contributed by atoms with Crippen molar-refractivity contribution < 1.29 is 19.4 Å². The Morgan fingerprint density at radius 1 is 1.24 bits per heavy atom. The SMILES string of the molecule is Cc1ccc(N(CCC(=O)O)C(=O)C2CCOCC2)cc1. The van der Waals surface area contributed by atoms with E-state index in [2.05, 4.69) is 0 Å². The van der Waals surface area contributed by atoms with Crippen molar-refractivity contribution in [2.75, 3.05) is 24.7 Å². The summed E-state index contributed by atoms with van der Waals surface area (Å²) in [5, 5.41) is 8.89. The maximum atomic E-state index is 12.7. The van der Waals surface area contributed by atoms with Crippen LogP contribution < -0.4 is 4.90 Å². The second-order valence-electron chi connectivity index (χ2n) is 5.36. The molecule has 0 saturated carbocycles. The number of rotatable bonds is 5. The number of hydrogen-bond donors (Lipinski definition) is 1. The van der Waals surface area contributed by atoms with E-state index in [0.29, 0.717) is 26.1 Å². The Morgan fingerprint density at radius 3 is 2.43 bits per heavy atom. The number of carbonyl (C=O) groups is 2. The number of carboxylic acid groups (broad SMARTS) is 1. The Bertz CT molecular complexity index is 492. The fourth-order valence-corrected chi connectivity index (χ4v) is 2.46. The molecule has 1 aliphatic heterocycles. The molecule has 0 spiro atoms. The van der Waals surface area contributed by atoms with Crippen LogP contribution in [-0.4, -0.2) is 36.7 Å². The number of aliphatic carboxylic acids is 1. The van der Waals surface area contributed by atoms with Crippen LogP contribution in [0.15, 0.2) is 24.3 Å². The van der Waals surface area contributed by atoms with Gasteiger partial charge in [0.15, 0.2) is 0 Å². The number of ether oxygens (including phenoxy) is 1. The molecule has 1 aromatic rings. The minimum Gasteiger partial charge on any atom is -0.481 e. The van der Waals surface area contributed by atoms with Gasteiger partial charge < -0.3 is 14.7 Å². The van der Waals surface area contributed by atoms with Crippen molar-refractivity contribution in [3.63, 3.8) is 0 Å². The van der Waals surface area contributed by atoms with Gasteiger partial charge in [-0.3, -0.25) is 9.59 Å². The largest absolute Gasteiger partial charge is 0.481 e. The van der Waals surface area contributed by atoms with Gasteiger partial charge in [0.1, 0.15) is 0 Å². The van der Waals surface area contributed by atoms with E-state index in [9.17, 15) is 9.59 Å². The fraction of sp³-hybridized carbons (Fsp3) is 0.500. The van der Waals surface area contributed by atoms with Crippen LogP contribution in [0.3, 0.4) is 0 Å². The van der Waals surface area contributed by atoms with E-state index < -0.39 is 5.97 Å². The first-order chi connectivity index (χ1) is 10.1. The molecule has 1 amide bonds. The number of carbonyl (C=O) groups excluding carboxylic acids is 1. The van der Waals surface area contributed by atoms with Crippen molar-refractivity contribution in [1.82, 2.24) is 0 Å². The minimum atomic E-state index is -0.896. The molecule has 0 atom stereocenters. The zero-order valence-corrected chi connectivity index (χ0v) is 12.2. The highest BCUT2D eigenvalue weighted by Gasteiger charge is 2.27. The van der Waals surface area contributed by atoms with Gasteiger partial charge >= 0.3 is 5.97 Å². The number of benzene rings is 1. The van der Waals surface area contributed by atoms with Crippen molar-refractivity contribution >= 4 is 17.6 Å². The summed E-state index contributed by atoms with van der Waals surface area (Å²) < 4.78 is 5.28. The standard InChI is InChI=1S/C16H21NO4/c1-12-2-4-14(5-3-12)17(9-6-15(18)19)16(20)13-7-10-21-11-8-13/h2-5,13H,6-11H2,1H3,(H,18,19). The second-order valence-corrected chi connectivity index (χ2v) is 5.36. The van der Waals surface area contributed by atoms with Crippen molar-refractivity contribution in [1.29, 1.82) is 0 Å². The van der Waals surface area contributed by atoms with Crippen molar-refractivity contribution in [3.05, 3.63) is 29.8 Å². The second kappa shape index (κ2) is 7.22. The lowest BCUT2D eigenvalue weighted by molar-refractivity contribution is -0.136. The molecule has 1 heterocycles. The maximum absolute atomic E-state index is 12.7. The van der Waals surface area contributed by atoms with Crippen LogP contribution in [0, 0.1) is 12.8 Å². The Kier molecular flexibility index (Phi) is 5.33. The highest BCUT2D eigenvalue weighted by atomic mass is 16.5. The number of aryl methyl sites for hydroxylation is 1. The quantitative estimate of drug-likeness (QED) is 0.903. The lowest BCUT2D eigenvalue weighted by atomic mass is 9.98. The summed E-state index contributed by atoms with van der Waals surface area (Å²) in [7, 11) is 0. The first-order valence-electron chi connectivity index (χ1n) is 7.25. The number of hydrogen-bond acceptors (Lipinski definition) is 3. The van der Waals surface area contributed by atoms with E-state index in [0.717, 1.165) is 11.3 Å². The molecule has 0 unspecified atom stereocenters. The molecule has 0 bridgehead atoms. The molecule has 0 aromatic heterocycles. The number of carboxylic acids is 1. The Balaban J connectivity index is 2.15. The summed E-state index contributed by atoms with van der Waals surface area (Å²) in [5.41, 5.74) is 1.87. The molecule has 0 radical (unpaired) electrons. The van der Waals surface area contributed by atoms with Crippen LogP contribution in [-0.2, 0) is 14.3 Å². The van der Waals surface area contributed by atoms with Gasteiger partial charge in [0.25, 0.3) is 0 Å². The fourth-order valence-electron chi connectivity index (χ4n) is 2.46. The van der Waals surface area contributed by atoms with Crippen LogP contribution in [0.4, 0.5) is 5.69 Å². The van der Waals surface area contributed by atoms with Gasteiger partial charge in [-0.05, 0) is 31.9 Å². The van der Waals surface area contributed by atoms with E-state index in [1.165, 1.54) is 0 Å². The number of anilines is 1. The normalized spacial score (nSPS) is 15.7. The van der Waals surface area contributed by atoms with Crippen molar-refractivity contribution in [2.24, 2.45) is 5.92 Å². The predicted molar refractivity (Wildman–Crippen MR) is 79.3 cm³/mol. The van der Waals surface area contributed by atoms with Crippen LogP contribution in [0.1, 0.15) is 24.8 Å². The topological polar surface area (TPSA) is 66.8 Å². The highest BCUT2D eigenvalue weighted by Crippen LogP contribution is 2.23. The lowest BCUT2D eigenvalue weighted by Gasteiger charge is -2.29. The molecule has 114 valence electrons. The third kappa shape index (κ3) is 4.29. The van der Waals surface area contributed by atoms with Gasteiger partial charge in [0.2, 0.25) is 5.91 Å². The molecule has 2 rings (SSSR count). The van der Waals surface area contributed by atoms with Crippen LogP contribution in [0.5, 0.6) is 0 Å². The van der Waals surface area contributed by atoms with Gasteiger partial charge in [-0.2, -0.15) is 0 Å². The predicted octanol–water partition coefficient (Wildman–Crippen LogP) is 2.23. The summed E-state index contributed by atoms with van der Waals surface area (Å²) in [4.78, 5) is 25.1. The van der Waals surface area contributed by atoms with Gasteiger partial charge in [0, 0.05) is 31.4 Å². The van der Waals surface area contributed by atoms with E-state index >= 15 is 0 Å². The lowest BCUT2D eigenvalue weighted by Crippen LogP contribution is -2.39. The molecule has 5 nitrogen and oxygen atoms in total. The smallest absolute Gasteiger partial charge is 0.305 e. The molecule has 21 heavy (non-hydrogen) atoms. The van der Waals surface area contributed by atoms with E-state index in [1.807, 2.05) is 31.2 Å². The zero-order chi connectivity index (χ0) is 15.2. The van der Waals surface area contributed by atoms with E-state index in [4.69, 9.17) is 9.84 Å². The van der Waals surface area contributed by atoms with E-state index in [1.54, 1.807) is 4.90 Å². The first kappa shape index (κ1) is 15.5. The van der Waals surface area contributed by atoms with Crippen LogP contribution in [0.25, 0.3) is 0 Å². The van der Waals surface area contributed by atoms with Crippen molar-refractivity contribution in [2.45, 2.75) is 26.2 Å². The summed E-state index contributed by atoms with van der Waals surface area (Å²) in [6.45, 7) is 3.37. The molecular formula is C16H21NO4. The number of amides is 1. The number of nitrogens with zero attached hydrogens (tertiary/aromatic N) is 1. The zero-order valence-electron chi connectivity index (χ0n) is 12.2. The third-order valence-electron chi connectivity index (χ3n) is 3.73. The van der Waals surface area contributed by atoms with Crippen LogP contribution in [0.2, 0.25) is 0 Å². The minimum absolute atomic E-state index is 0.00315. The maximum Gasteiger partial charge on any atom is 0.305 e. The highest BCUT2D eigenvalue weighted by molar-refractivity contribution is 5.95. The molecule has 1 N–H and O–H groups in total. The first-order valence-corrected chi connectivity index (χ1v) is 7.25. The third-order valence-corrected chi connectivity index (χ3v) is 3.73. The van der Waals surface area contributed by atoms with Gasteiger partial charge in [-0.25, -0.2) is 0 Å². The summed E-state index contributed by atoms with van der Waals surface area (Å²) in [6, 6.07) is 7.60. The molecular weight excluding hydrogens is 270 g/mol. The molecule has 1 aliphatic rings. The Hall–Kier alpha value is -1.88. The van der Waals surface area contributed by atoms with Gasteiger partial charge in [-0.1, -0.05) is 17.7 Å². The molecule has 1 fully saturated rings. The monoisotopic (exact) mass is 291 g/mol. The molecule has 1 saturated heterocycles. The summed E-state index contributed by atoms with van der Waals surface area (Å²) in [6.07, 6.45) is 1.35. The average molecular weight is 291 g/mol. The Morgan fingerprint density at radius 2 is 1.86 bits per heavy atom. The summed E-state index contributed by atoms with van der Waals surface area (Å²) in [5.74, 6) is -0.968. The molecule has 0 aliphatic carbocycles. The van der Waals surface area contributed by atoms with Gasteiger partial charge in [-0.15, -0.1) is 0 Å². The Labute approximate surface area is 124 Å². The van der Waals surface area contributed by atoms with Gasteiger partial charge in [0.05, 0.1) is 6.42 Å². The molecule has 5 heteroatoms. The van der Waals surface area contributed by atoms with Crippen molar-refractivity contribution in [3.8, 4) is 0 Å². The molecule has 1 aromatic carbocycles. The average Bonchev–Trinajstić information content (AvgIpc) is 2.49.